The van der Waals surface area contributed by atoms with Crippen molar-refractivity contribution in [2.75, 3.05) is 11.0 Å². The monoisotopic (exact) mass is 173 g/mol. The minimum atomic E-state index is -3.13. The lowest BCUT2D eigenvalue weighted by Crippen LogP contribution is -2.08. The van der Waals surface area contributed by atoms with Crippen molar-refractivity contribution in [1.29, 1.82) is 0 Å². The zero-order chi connectivity index (χ0) is 8.32. The number of anilines is 1. The Morgan fingerprint density at radius 1 is 1.27 bits per heavy atom. The van der Waals surface area contributed by atoms with Crippen molar-refractivity contribution < 1.29 is 9.84 Å². The van der Waals surface area contributed by atoms with E-state index in [1.54, 1.807) is 24.3 Å². The molecule has 0 saturated heterocycles. The van der Waals surface area contributed by atoms with Gasteiger partial charge in [-0.05, 0) is 12.1 Å². The van der Waals surface area contributed by atoms with Gasteiger partial charge in [0.2, 0.25) is 10.0 Å². The minimum Gasteiger partial charge on any atom is -0.284 e. The average Bonchev–Trinajstić information content (AvgIpc) is 1.85. The van der Waals surface area contributed by atoms with Crippen molar-refractivity contribution >= 4 is 15.7 Å². The summed E-state index contributed by atoms with van der Waals surface area (Å²) in [5.74, 6) is 0. The maximum absolute atomic E-state index is 10.7. The molecule has 1 rings (SSSR count). The molecule has 0 bridgehead atoms. The molecule has 0 atom stereocenters. The first-order valence-electron chi connectivity index (χ1n) is 3.11. The van der Waals surface area contributed by atoms with Gasteiger partial charge in [-0.1, -0.05) is 18.2 Å². The summed E-state index contributed by atoms with van der Waals surface area (Å²) in [4.78, 5) is 0. The van der Waals surface area contributed by atoms with Crippen molar-refractivity contribution in [3.8, 4) is 0 Å². The highest BCUT2D eigenvalue weighted by atomic mass is 32.2. The summed E-state index contributed by atoms with van der Waals surface area (Å²) < 4.78 is 23.7. The third kappa shape index (κ3) is 3.04. The second kappa shape index (κ2) is 2.92. The Bertz CT molecular complexity index is 323. The third-order valence-electron chi connectivity index (χ3n) is 1.08. The molecule has 0 unspecified atom stereocenters. The summed E-state index contributed by atoms with van der Waals surface area (Å²) >= 11 is 0. The van der Waals surface area contributed by atoms with Gasteiger partial charge in [0.05, 0.1) is 6.26 Å². The van der Waals surface area contributed by atoms with Crippen molar-refractivity contribution in [3.05, 3.63) is 30.3 Å². The summed E-state index contributed by atoms with van der Waals surface area (Å²) in [6.45, 7) is 0. The Morgan fingerprint density at radius 2 is 1.82 bits per heavy atom. The molecule has 0 aliphatic carbocycles. The van der Waals surface area contributed by atoms with E-state index in [2.05, 4.69) is 4.72 Å². The predicted octanol–water partition coefficient (Wildman–Crippen LogP) is 1.30. The molecule has 0 amide bonds. The smallest absolute Gasteiger partial charge is 0.229 e. The summed E-state index contributed by atoms with van der Waals surface area (Å²) in [6.07, 6.45) is 1.12. The molecule has 3 nitrogen and oxygen atoms in total. The molecule has 0 radical (unpaired) electrons. The van der Waals surface area contributed by atoms with Crippen molar-refractivity contribution in [2.24, 2.45) is 0 Å². The van der Waals surface area contributed by atoms with Crippen LogP contribution in [0.5, 0.6) is 0 Å². The van der Waals surface area contributed by atoms with Gasteiger partial charge in [0.25, 0.3) is 0 Å². The van der Waals surface area contributed by atoms with E-state index >= 15 is 0 Å². The second-order valence-electron chi connectivity index (χ2n) is 2.24. The van der Waals surface area contributed by atoms with Crippen LogP contribution in [0.4, 0.5) is 5.69 Å². The fourth-order valence-electron chi connectivity index (χ4n) is 0.720. The van der Waals surface area contributed by atoms with E-state index in [1.165, 1.54) is 0 Å². The Morgan fingerprint density at radius 3 is 2.27 bits per heavy atom. The molecule has 0 aliphatic heterocycles. The topological polar surface area (TPSA) is 46.2 Å². The molecule has 0 spiro atoms. The van der Waals surface area contributed by atoms with Gasteiger partial charge in [-0.3, -0.25) is 4.72 Å². The summed E-state index contributed by atoms with van der Waals surface area (Å²) in [6, 6.07) is 8.76. The number of nitrogens with one attached hydrogen (secondary N) is 1. The van der Waals surface area contributed by atoms with Crippen LogP contribution in [0.1, 0.15) is 1.43 Å². The van der Waals surface area contributed by atoms with Crippen LogP contribution in [0.3, 0.4) is 0 Å². The third-order valence-corrected chi connectivity index (χ3v) is 1.68. The van der Waals surface area contributed by atoms with Crippen molar-refractivity contribution in [3.63, 3.8) is 0 Å². The lowest BCUT2D eigenvalue weighted by molar-refractivity contribution is 0.607. The van der Waals surface area contributed by atoms with Gasteiger partial charge in [0, 0.05) is 7.11 Å². The van der Waals surface area contributed by atoms with Crippen LogP contribution in [0.25, 0.3) is 0 Å². The molecular formula is C7H11NO2S. The zero-order valence-electron chi connectivity index (χ0n) is 6.11. The van der Waals surface area contributed by atoms with E-state index in [9.17, 15) is 8.42 Å². The lowest BCUT2D eigenvalue weighted by atomic mass is 10.3. The molecule has 1 aromatic rings. The number of benzene rings is 1. The van der Waals surface area contributed by atoms with Crippen molar-refractivity contribution in [1.82, 2.24) is 0 Å². The first kappa shape index (κ1) is 8.07. The van der Waals surface area contributed by atoms with E-state index in [-0.39, 0.29) is 1.43 Å². The standard InChI is InChI=1S/C7H9NO2S.H2/c1-11(9,10)8-7-5-3-2-4-6-7;/h2-6,8H,1H3;1H. The molecule has 0 aromatic heterocycles. The van der Waals surface area contributed by atoms with Gasteiger partial charge in [0.15, 0.2) is 0 Å². The van der Waals surface area contributed by atoms with Crippen molar-refractivity contribution in [2.45, 2.75) is 0 Å². The fourth-order valence-corrected chi connectivity index (χ4v) is 1.28. The molecule has 0 heterocycles. The highest BCUT2D eigenvalue weighted by Gasteiger charge is 1.98. The van der Waals surface area contributed by atoms with Gasteiger partial charge in [-0.25, -0.2) is 8.42 Å². The van der Waals surface area contributed by atoms with Crippen LogP contribution in [-0.4, -0.2) is 14.7 Å². The number of para-hydroxylation sites is 1. The normalized spacial score (nSPS) is 11.0. The quantitative estimate of drug-likeness (QED) is 0.732. The largest absolute Gasteiger partial charge is 0.284 e. The van der Waals surface area contributed by atoms with Gasteiger partial charge in [-0.2, -0.15) is 0 Å². The van der Waals surface area contributed by atoms with E-state index < -0.39 is 10.0 Å². The minimum absolute atomic E-state index is 0. The Kier molecular flexibility index (Phi) is 2.14. The first-order chi connectivity index (χ1) is 5.08. The second-order valence-corrected chi connectivity index (χ2v) is 3.99. The fraction of sp³-hybridized carbons (Fsp3) is 0.143. The van der Waals surface area contributed by atoms with Crippen LogP contribution >= 0.6 is 0 Å². The van der Waals surface area contributed by atoms with E-state index in [4.69, 9.17) is 0 Å². The van der Waals surface area contributed by atoms with Gasteiger partial charge in [-0.15, -0.1) is 0 Å². The van der Waals surface area contributed by atoms with Gasteiger partial charge in [0.1, 0.15) is 0 Å². The molecule has 62 valence electrons. The molecule has 4 heteroatoms. The number of hydrogen-bond acceptors (Lipinski definition) is 2. The number of sulfonamides is 1. The van der Waals surface area contributed by atoms with Gasteiger partial charge < -0.3 is 0 Å². The van der Waals surface area contributed by atoms with Crippen LogP contribution in [-0.2, 0) is 10.0 Å². The predicted molar refractivity (Wildman–Crippen MR) is 47.0 cm³/mol. The Balaban J connectivity index is 0.00000121. The molecule has 0 fully saturated rings. The maximum atomic E-state index is 10.7. The summed E-state index contributed by atoms with van der Waals surface area (Å²) in [5.41, 5.74) is 0.593. The molecule has 1 N–H and O–H groups in total. The molecular weight excluding hydrogens is 162 g/mol. The van der Waals surface area contributed by atoms with Crippen LogP contribution in [0, 0.1) is 0 Å². The van der Waals surface area contributed by atoms with Crippen LogP contribution in [0.15, 0.2) is 30.3 Å². The van der Waals surface area contributed by atoms with E-state index in [1.807, 2.05) is 6.07 Å². The van der Waals surface area contributed by atoms with E-state index in [0.717, 1.165) is 6.26 Å². The molecule has 11 heavy (non-hydrogen) atoms. The van der Waals surface area contributed by atoms with E-state index in [0.29, 0.717) is 5.69 Å². The lowest BCUT2D eigenvalue weighted by Gasteiger charge is -2.00. The molecule has 0 aliphatic rings. The summed E-state index contributed by atoms with van der Waals surface area (Å²) in [5, 5.41) is 0. The SMILES string of the molecule is CS(=O)(=O)Nc1ccccc1.[HH]. The Labute approximate surface area is 67.6 Å². The first-order valence-corrected chi connectivity index (χ1v) is 5.00. The van der Waals surface area contributed by atoms with Crippen LogP contribution in [0.2, 0.25) is 0 Å². The highest BCUT2D eigenvalue weighted by Crippen LogP contribution is 2.05. The number of hydrogen-bond donors (Lipinski definition) is 1. The average molecular weight is 173 g/mol. The maximum Gasteiger partial charge on any atom is 0.229 e. The van der Waals surface area contributed by atoms with Gasteiger partial charge >= 0.3 is 0 Å². The molecule has 1 aromatic carbocycles. The molecule has 0 saturated carbocycles. The Hall–Kier alpha value is -1.03. The zero-order valence-corrected chi connectivity index (χ0v) is 6.93. The van der Waals surface area contributed by atoms with Crippen LogP contribution < -0.4 is 4.72 Å². The highest BCUT2D eigenvalue weighted by molar-refractivity contribution is 7.92. The summed E-state index contributed by atoms with van der Waals surface area (Å²) in [7, 11) is -3.13. The number of rotatable bonds is 2.